The third-order valence-corrected chi connectivity index (χ3v) is 6.94. The van der Waals surface area contributed by atoms with Crippen molar-refractivity contribution >= 4 is 11.6 Å². The standard InChI is InChI=1S/C22H26N4O/c1-14(18-5-3-2-4-6-18)23-26-21(27)19-10-20(25-24-19)22-11-15-7-16(12-22)9-17(8-15)13-22/h2-6,10,15-17H,7-9,11-13H2,1H3,(H,24,25)(H,26,27)/b23-14+. The summed E-state index contributed by atoms with van der Waals surface area (Å²) in [7, 11) is 0. The van der Waals surface area contributed by atoms with Crippen molar-refractivity contribution in [3.8, 4) is 0 Å². The molecular weight excluding hydrogens is 336 g/mol. The van der Waals surface area contributed by atoms with Gasteiger partial charge in [0.1, 0.15) is 0 Å². The monoisotopic (exact) mass is 362 g/mol. The molecule has 4 fully saturated rings. The average molecular weight is 362 g/mol. The Balaban J connectivity index is 1.32. The van der Waals surface area contributed by atoms with Crippen LogP contribution in [-0.2, 0) is 5.41 Å². The second-order valence-electron chi connectivity index (χ2n) is 8.87. The first-order valence-electron chi connectivity index (χ1n) is 10.1. The lowest BCUT2D eigenvalue weighted by Crippen LogP contribution is -2.48. The Morgan fingerprint density at radius 2 is 1.74 bits per heavy atom. The van der Waals surface area contributed by atoms with Crippen molar-refractivity contribution in [1.29, 1.82) is 0 Å². The zero-order chi connectivity index (χ0) is 18.4. The Morgan fingerprint density at radius 3 is 2.37 bits per heavy atom. The van der Waals surface area contributed by atoms with Gasteiger partial charge in [-0.3, -0.25) is 9.89 Å². The summed E-state index contributed by atoms with van der Waals surface area (Å²) in [5, 5.41) is 11.8. The molecule has 4 saturated carbocycles. The highest BCUT2D eigenvalue weighted by molar-refractivity contribution is 6.00. The number of hydrogen-bond acceptors (Lipinski definition) is 3. The third kappa shape index (κ3) is 2.99. The molecule has 0 unspecified atom stereocenters. The number of amides is 1. The molecule has 5 heteroatoms. The molecule has 4 bridgehead atoms. The van der Waals surface area contributed by atoms with Crippen molar-refractivity contribution in [3.63, 3.8) is 0 Å². The van der Waals surface area contributed by atoms with Crippen molar-refractivity contribution in [2.45, 2.75) is 50.9 Å². The molecule has 5 nitrogen and oxygen atoms in total. The van der Waals surface area contributed by atoms with Crippen LogP contribution < -0.4 is 5.43 Å². The van der Waals surface area contributed by atoms with Crippen LogP contribution >= 0.6 is 0 Å². The van der Waals surface area contributed by atoms with Crippen molar-refractivity contribution in [3.05, 3.63) is 53.3 Å². The first-order chi connectivity index (χ1) is 13.1. The molecule has 2 aromatic rings. The zero-order valence-electron chi connectivity index (χ0n) is 15.7. The fourth-order valence-electron chi connectivity index (χ4n) is 6.09. The molecule has 2 N–H and O–H groups in total. The molecular formula is C22H26N4O. The van der Waals surface area contributed by atoms with Gasteiger partial charge in [0, 0.05) is 11.1 Å². The van der Waals surface area contributed by atoms with E-state index in [9.17, 15) is 4.79 Å². The summed E-state index contributed by atoms with van der Waals surface area (Å²) in [6.45, 7) is 1.89. The van der Waals surface area contributed by atoms with Crippen LogP contribution in [0.5, 0.6) is 0 Å². The van der Waals surface area contributed by atoms with Crippen LogP contribution in [0.2, 0.25) is 0 Å². The second-order valence-corrected chi connectivity index (χ2v) is 8.87. The van der Waals surface area contributed by atoms with Gasteiger partial charge in [-0.15, -0.1) is 0 Å². The molecule has 1 aromatic heterocycles. The van der Waals surface area contributed by atoms with Crippen molar-refractivity contribution in [2.24, 2.45) is 22.9 Å². The number of hydrogen-bond donors (Lipinski definition) is 2. The molecule has 0 atom stereocenters. The lowest BCUT2D eigenvalue weighted by Gasteiger charge is -2.56. The Morgan fingerprint density at radius 1 is 1.11 bits per heavy atom. The van der Waals surface area contributed by atoms with Crippen molar-refractivity contribution < 1.29 is 4.79 Å². The van der Waals surface area contributed by atoms with Gasteiger partial charge < -0.3 is 0 Å². The number of carbonyl (C=O) groups is 1. The quantitative estimate of drug-likeness (QED) is 0.637. The van der Waals surface area contributed by atoms with Crippen LogP contribution in [0.15, 0.2) is 41.5 Å². The fraction of sp³-hybridized carbons (Fsp3) is 0.500. The summed E-state index contributed by atoms with van der Waals surface area (Å²) in [5.74, 6) is 2.36. The van der Waals surface area contributed by atoms with Gasteiger partial charge in [0.25, 0.3) is 5.91 Å². The van der Waals surface area contributed by atoms with Gasteiger partial charge in [-0.1, -0.05) is 30.3 Å². The van der Waals surface area contributed by atoms with E-state index in [1.165, 1.54) is 38.5 Å². The summed E-state index contributed by atoms with van der Waals surface area (Å²) in [6.07, 6.45) is 8.01. The number of rotatable bonds is 4. The highest BCUT2D eigenvalue weighted by atomic mass is 16.2. The minimum atomic E-state index is -0.252. The molecule has 140 valence electrons. The Labute approximate surface area is 159 Å². The molecule has 1 amide bonds. The van der Waals surface area contributed by atoms with Crippen LogP contribution in [0.1, 0.15) is 67.2 Å². The van der Waals surface area contributed by atoms with Gasteiger partial charge in [-0.2, -0.15) is 10.2 Å². The number of aromatic amines is 1. The number of H-pyrrole nitrogens is 1. The van der Waals surface area contributed by atoms with E-state index in [1.807, 2.05) is 43.3 Å². The molecule has 0 saturated heterocycles. The SMILES string of the molecule is C/C(=N\NC(=O)c1cc(C23CC4CC(CC(C4)C2)C3)[nH]n1)c1ccccc1. The molecule has 4 aliphatic carbocycles. The maximum Gasteiger partial charge on any atom is 0.291 e. The highest BCUT2D eigenvalue weighted by Gasteiger charge is 2.52. The van der Waals surface area contributed by atoms with Gasteiger partial charge in [-0.05, 0) is 74.8 Å². The van der Waals surface area contributed by atoms with Gasteiger partial charge in [0.05, 0.1) is 5.71 Å². The number of nitrogens with one attached hydrogen (secondary N) is 2. The van der Waals surface area contributed by atoms with Crippen LogP contribution in [-0.4, -0.2) is 21.8 Å². The summed E-state index contributed by atoms with van der Waals surface area (Å²) >= 11 is 0. The molecule has 0 aliphatic heterocycles. The molecule has 4 aliphatic rings. The molecule has 0 spiro atoms. The van der Waals surface area contributed by atoms with Crippen LogP contribution in [0.25, 0.3) is 0 Å². The van der Waals surface area contributed by atoms with E-state index in [0.717, 1.165) is 34.7 Å². The summed E-state index contributed by atoms with van der Waals surface area (Å²) < 4.78 is 0. The van der Waals surface area contributed by atoms with Gasteiger partial charge in [0.15, 0.2) is 5.69 Å². The predicted molar refractivity (Wildman–Crippen MR) is 105 cm³/mol. The van der Waals surface area contributed by atoms with Gasteiger partial charge in [0.2, 0.25) is 0 Å². The van der Waals surface area contributed by atoms with E-state index in [0.29, 0.717) is 5.69 Å². The summed E-state index contributed by atoms with van der Waals surface area (Å²) in [4.78, 5) is 12.5. The van der Waals surface area contributed by atoms with Crippen LogP contribution in [0.4, 0.5) is 0 Å². The molecule has 6 rings (SSSR count). The normalized spacial score (nSPS) is 31.9. The van der Waals surface area contributed by atoms with E-state index in [-0.39, 0.29) is 11.3 Å². The Bertz CT molecular complexity index is 847. The fourth-order valence-corrected chi connectivity index (χ4v) is 6.09. The summed E-state index contributed by atoms with van der Waals surface area (Å²) in [5.41, 5.74) is 6.25. The van der Waals surface area contributed by atoms with Gasteiger partial charge >= 0.3 is 0 Å². The number of aromatic nitrogens is 2. The van der Waals surface area contributed by atoms with E-state index >= 15 is 0 Å². The number of nitrogens with zero attached hydrogens (tertiary/aromatic N) is 2. The molecule has 0 radical (unpaired) electrons. The van der Waals surface area contributed by atoms with Crippen molar-refractivity contribution in [2.75, 3.05) is 0 Å². The Kier molecular flexibility index (Phi) is 3.92. The molecule has 1 heterocycles. The highest BCUT2D eigenvalue weighted by Crippen LogP contribution is 2.60. The second kappa shape index (κ2) is 6.32. The minimum absolute atomic E-state index is 0.226. The lowest BCUT2D eigenvalue weighted by atomic mass is 9.49. The maximum atomic E-state index is 12.5. The first kappa shape index (κ1) is 16.7. The summed E-state index contributed by atoms with van der Waals surface area (Å²) in [6, 6.07) is 11.8. The zero-order valence-corrected chi connectivity index (χ0v) is 15.7. The minimum Gasteiger partial charge on any atom is -0.281 e. The number of carbonyl (C=O) groups excluding carboxylic acids is 1. The Hall–Kier alpha value is -2.43. The number of benzene rings is 1. The third-order valence-electron chi connectivity index (χ3n) is 6.94. The molecule has 27 heavy (non-hydrogen) atoms. The topological polar surface area (TPSA) is 70.1 Å². The van der Waals surface area contributed by atoms with E-state index in [2.05, 4.69) is 20.7 Å². The van der Waals surface area contributed by atoms with Crippen LogP contribution in [0, 0.1) is 17.8 Å². The lowest BCUT2D eigenvalue weighted by molar-refractivity contribution is -0.00721. The maximum absolute atomic E-state index is 12.5. The number of hydrazone groups is 1. The average Bonchev–Trinajstić information content (AvgIpc) is 3.17. The van der Waals surface area contributed by atoms with E-state index in [4.69, 9.17) is 0 Å². The van der Waals surface area contributed by atoms with Gasteiger partial charge in [-0.25, -0.2) is 5.43 Å². The van der Waals surface area contributed by atoms with E-state index < -0.39 is 0 Å². The predicted octanol–water partition coefficient (Wildman–Crippen LogP) is 4.03. The first-order valence-corrected chi connectivity index (χ1v) is 10.1. The molecule has 1 aromatic carbocycles. The smallest absolute Gasteiger partial charge is 0.281 e. The largest absolute Gasteiger partial charge is 0.291 e. The van der Waals surface area contributed by atoms with E-state index in [1.54, 1.807) is 0 Å². The van der Waals surface area contributed by atoms with Crippen LogP contribution in [0.3, 0.4) is 0 Å². The van der Waals surface area contributed by atoms with Crippen molar-refractivity contribution in [1.82, 2.24) is 15.6 Å².